The molecule has 1 aromatic rings. The zero-order chi connectivity index (χ0) is 13.9. The van der Waals surface area contributed by atoms with Gasteiger partial charge in [-0.15, -0.1) is 0 Å². The van der Waals surface area contributed by atoms with E-state index in [1.54, 1.807) is 0 Å². The Balaban J connectivity index is 1.75. The Bertz CT molecular complexity index is 616. The Morgan fingerprint density at radius 3 is 3.00 bits per heavy atom. The maximum Gasteiger partial charge on any atom is 0.161 e. The number of ketones is 1. The molecule has 3 aliphatic carbocycles. The number of allylic oxidation sites excluding steroid dienone is 2. The number of phenols is 1. The fourth-order valence-corrected chi connectivity index (χ4v) is 4.84. The molecule has 1 aromatic carbocycles. The highest BCUT2D eigenvalue weighted by Gasteiger charge is 2.52. The largest absolute Gasteiger partial charge is 0.508 e. The van der Waals surface area contributed by atoms with Gasteiger partial charge in [-0.2, -0.15) is 0 Å². The lowest BCUT2D eigenvalue weighted by molar-refractivity contribution is -0.126. The first-order valence-corrected chi connectivity index (χ1v) is 7.64. The lowest BCUT2D eigenvalue weighted by atomic mass is 9.55. The fourth-order valence-electron chi connectivity index (χ4n) is 4.84. The third-order valence-electron chi connectivity index (χ3n) is 5.98. The Hall–Kier alpha value is -1.57. The molecule has 0 aliphatic heterocycles. The van der Waals surface area contributed by atoms with Gasteiger partial charge in [-0.3, -0.25) is 4.79 Å². The molecule has 3 unspecified atom stereocenters. The van der Waals surface area contributed by atoms with Gasteiger partial charge in [0.05, 0.1) is 0 Å². The van der Waals surface area contributed by atoms with Crippen LogP contribution in [0.15, 0.2) is 30.4 Å². The predicted molar refractivity (Wildman–Crippen MR) is 77.6 cm³/mol. The minimum Gasteiger partial charge on any atom is -0.508 e. The molecule has 2 nitrogen and oxygen atoms in total. The Morgan fingerprint density at radius 1 is 1.30 bits per heavy atom. The van der Waals surface area contributed by atoms with E-state index < -0.39 is 0 Å². The molecule has 0 amide bonds. The van der Waals surface area contributed by atoms with Crippen molar-refractivity contribution in [2.45, 2.75) is 38.5 Å². The molecule has 1 saturated carbocycles. The molecule has 0 heterocycles. The van der Waals surface area contributed by atoms with Crippen LogP contribution in [0, 0.1) is 17.3 Å². The van der Waals surface area contributed by atoms with Crippen molar-refractivity contribution in [1.82, 2.24) is 0 Å². The highest BCUT2D eigenvalue weighted by Crippen LogP contribution is 2.57. The van der Waals surface area contributed by atoms with Gasteiger partial charge in [0.1, 0.15) is 5.75 Å². The van der Waals surface area contributed by atoms with Crippen molar-refractivity contribution in [1.29, 1.82) is 0 Å². The van der Waals surface area contributed by atoms with Gasteiger partial charge in [-0.25, -0.2) is 0 Å². The molecule has 4 atom stereocenters. The first-order valence-electron chi connectivity index (χ1n) is 7.64. The van der Waals surface area contributed by atoms with Crippen LogP contribution >= 0.6 is 0 Å². The van der Waals surface area contributed by atoms with Gasteiger partial charge >= 0.3 is 0 Å². The van der Waals surface area contributed by atoms with Crippen LogP contribution in [0.1, 0.15) is 43.2 Å². The van der Waals surface area contributed by atoms with Crippen LogP contribution in [-0.4, -0.2) is 10.9 Å². The van der Waals surface area contributed by atoms with E-state index in [0.29, 0.717) is 29.3 Å². The molecular formula is C18H20O2. The number of benzene rings is 1. The van der Waals surface area contributed by atoms with Crippen LogP contribution < -0.4 is 0 Å². The molecule has 0 saturated heterocycles. The summed E-state index contributed by atoms with van der Waals surface area (Å²) in [6.45, 7) is 2.16. The highest BCUT2D eigenvalue weighted by atomic mass is 16.3. The summed E-state index contributed by atoms with van der Waals surface area (Å²) in [5.74, 6) is 2.27. The number of aryl methyl sites for hydroxylation is 1. The molecular weight excluding hydrogens is 248 g/mol. The Labute approximate surface area is 119 Å². The minimum atomic E-state index is -0.143. The van der Waals surface area contributed by atoms with Crippen LogP contribution in [0.2, 0.25) is 0 Å². The molecule has 0 bridgehead atoms. The molecule has 0 spiro atoms. The lowest BCUT2D eigenvalue weighted by Crippen LogP contribution is -2.42. The van der Waals surface area contributed by atoms with Crippen molar-refractivity contribution >= 4 is 5.78 Å². The quantitative estimate of drug-likeness (QED) is 0.780. The second kappa shape index (κ2) is 3.97. The molecule has 2 heteroatoms. The van der Waals surface area contributed by atoms with E-state index >= 15 is 0 Å². The van der Waals surface area contributed by atoms with Crippen molar-refractivity contribution < 1.29 is 9.90 Å². The average Bonchev–Trinajstić information content (AvgIpc) is 2.74. The van der Waals surface area contributed by atoms with E-state index in [-0.39, 0.29) is 5.41 Å². The van der Waals surface area contributed by atoms with Gasteiger partial charge in [-0.1, -0.05) is 19.1 Å². The van der Waals surface area contributed by atoms with Crippen LogP contribution in [0.25, 0.3) is 0 Å². The number of rotatable bonds is 0. The molecule has 0 radical (unpaired) electrons. The standard InChI is InChI=1S/C18H20O2/c1-18-9-8-14-13-5-3-12(19)10-11(13)2-4-15(14)16(18)6-7-17(18)20/h3,5-7,10,14-16,19H,2,4,8-9H2,1H3/t14?,15?,16?,18-/m0/s1. The summed E-state index contributed by atoms with van der Waals surface area (Å²) in [4.78, 5) is 12.2. The topological polar surface area (TPSA) is 37.3 Å². The normalized spacial score (nSPS) is 38.2. The Kier molecular flexibility index (Phi) is 2.42. The maximum atomic E-state index is 12.2. The second-order valence-electron chi connectivity index (χ2n) is 6.90. The number of phenolic OH excluding ortho intramolecular Hbond substituents is 1. The van der Waals surface area contributed by atoms with Crippen LogP contribution in [0.5, 0.6) is 5.75 Å². The number of aromatic hydroxyl groups is 1. The maximum absolute atomic E-state index is 12.2. The molecule has 1 fully saturated rings. The molecule has 1 N–H and O–H groups in total. The lowest BCUT2D eigenvalue weighted by Gasteiger charge is -2.48. The van der Waals surface area contributed by atoms with Crippen LogP contribution in [0.3, 0.4) is 0 Å². The average molecular weight is 268 g/mol. The Morgan fingerprint density at radius 2 is 2.15 bits per heavy atom. The van der Waals surface area contributed by atoms with E-state index in [0.717, 1.165) is 25.7 Å². The third-order valence-corrected chi connectivity index (χ3v) is 5.98. The zero-order valence-electron chi connectivity index (χ0n) is 11.8. The number of hydrogen-bond donors (Lipinski definition) is 1. The zero-order valence-corrected chi connectivity index (χ0v) is 11.8. The SMILES string of the molecule is C[C@]12CCC3c4ccc(O)cc4CCC3C1C=CC2=O. The van der Waals surface area contributed by atoms with E-state index in [2.05, 4.69) is 19.1 Å². The van der Waals surface area contributed by atoms with Crippen molar-refractivity contribution in [3.05, 3.63) is 41.5 Å². The first kappa shape index (κ1) is 12.2. The van der Waals surface area contributed by atoms with Gasteiger partial charge in [0.25, 0.3) is 0 Å². The van der Waals surface area contributed by atoms with Gasteiger partial charge in [0, 0.05) is 5.41 Å². The van der Waals surface area contributed by atoms with Gasteiger partial charge in [-0.05, 0) is 72.8 Å². The molecule has 20 heavy (non-hydrogen) atoms. The number of carbonyl (C=O) groups excluding carboxylic acids is 1. The fraction of sp³-hybridized carbons (Fsp3) is 0.500. The smallest absolute Gasteiger partial charge is 0.161 e. The van der Waals surface area contributed by atoms with E-state index in [9.17, 15) is 9.90 Å². The predicted octanol–water partition coefficient (Wildman–Crippen LogP) is 3.59. The van der Waals surface area contributed by atoms with Crippen LogP contribution in [0.4, 0.5) is 0 Å². The molecule has 4 rings (SSSR count). The minimum absolute atomic E-state index is 0.143. The second-order valence-corrected chi connectivity index (χ2v) is 6.90. The van der Waals surface area contributed by atoms with Gasteiger partial charge in [0.15, 0.2) is 5.78 Å². The number of fused-ring (bicyclic) bond motifs is 5. The van der Waals surface area contributed by atoms with E-state index in [1.807, 2.05) is 18.2 Å². The van der Waals surface area contributed by atoms with Crippen molar-refractivity contribution in [2.24, 2.45) is 17.3 Å². The molecule has 0 aromatic heterocycles. The number of carbonyl (C=O) groups is 1. The van der Waals surface area contributed by atoms with Crippen molar-refractivity contribution in [2.75, 3.05) is 0 Å². The monoisotopic (exact) mass is 268 g/mol. The summed E-state index contributed by atoms with van der Waals surface area (Å²) < 4.78 is 0. The van der Waals surface area contributed by atoms with E-state index in [1.165, 1.54) is 11.1 Å². The highest BCUT2D eigenvalue weighted by molar-refractivity contribution is 5.97. The van der Waals surface area contributed by atoms with Crippen LogP contribution in [-0.2, 0) is 11.2 Å². The van der Waals surface area contributed by atoms with Gasteiger partial charge in [0.2, 0.25) is 0 Å². The summed E-state index contributed by atoms with van der Waals surface area (Å²) in [5, 5.41) is 9.65. The summed E-state index contributed by atoms with van der Waals surface area (Å²) in [5.41, 5.74) is 2.58. The van der Waals surface area contributed by atoms with Crippen molar-refractivity contribution in [3.63, 3.8) is 0 Å². The third kappa shape index (κ3) is 1.48. The summed E-state index contributed by atoms with van der Waals surface area (Å²) in [6, 6.07) is 5.84. The summed E-state index contributed by atoms with van der Waals surface area (Å²) >= 11 is 0. The van der Waals surface area contributed by atoms with Crippen molar-refractivity contribution in [3.8, 4) is 5.75 Å². The van der Waals surface area contributed by atoms with E-state index in [4.69, 9.17) is 0 Å². The summed E-state index contributed by atoms with van der Waals surface area (Å²) in [6.07, 6.45) is 8.25. The summed E-state index contributed by atoms with van der Waals surface area (Å²) in [7, 11) is 0. The first-order chi connectivity index (χ1) is 9.59. The molecule has 104 valence electrons. The molecule has 3 aliphatic rings. The number of hydrogen-bond acceptors (Lipinski definition) is 2. The van der Waals surface area contributed by atoms with Gasteiger partial charge < -0.3 is 5.11 Å².